The number of rotatable bonds is 8. The van der Waals surface area contributed by atoms with Gasteiger partial charge in [-0.2, -0.15) is 0 Å². The summed E-state index contributed by atoms with van der Waals surface area (Å²) in [5, 5.41) is 0.191. The van der Waals surface area contributed by atoms with Gasteiger partial charge in [-0.15, -0.1) is 0 Å². The van der Waals surface area contributed by atoms with E-state index in [2.05, 4.69) is 29.8 Å². The van der Waals surface area contributed by atoms with E-state index in [-0.39, 0.29) is 17.2 Å². The molecule has 0 spiro atoms. The number of cyclic esters (lactones) is 1. The number of esters is 1. The maximum atomic E-state index is 12.0. The van der Waals surface area contributed by atoms with Gasteiger partial charge in [0.05, 0.1) is 11.9 Å². The smallest absolute Gasteiger partial charge is 0.320 e. The summed E-state index contributed by atoms with van der Waals surface area (Å²) in [4.78, 5) is 23.9. The van der Waals surface area contributed by atoms with Gasteiger partial charge in [-0.3, -0.25) is 9.59 Å². The molecule has 1 rings (SSSR count). The van der Waals surface area contributed by atoms with Gasteiger partial charge in [0.1, 0.15) is 11.5 Å². The summed E-state index contributed by atoms with van der Waals surface area (Å²) in [6.07, 6.45) is 1.62. The predicted octanol–water partition coefficient (Wildman–Crippen LogP) is 2.73. The number of hydrogen-bond acceptors (Lipinski definition) is 4. The molecule has 4 nitrogen and oxygen atoms in total. The van der Waals surface area contributed by atoms with Crippen LogP contribution in [0, 0.1) is 11.3 Å². The Morgan fingerprint density at radius 1 is 1.58 bits per heavy atom. The lowest BCUT2D eigenvalue weighted by molar-refractivity contribution is -0.153. The van der Waals surface area contributed by atoms with Crippen LogP contribution in [0.15, 0.2) is 0 Å². The van der Waals surface area contributed by atoms with Gasteiger partial charge in [0.15, 0.2) is 5.78 Å². The van der Waals surface area contributed by atoms with E-state index in [9.17, 15) is 9.59 Å². The maximum Gasteiger partial charge on any atom is 0.320 e. The van der Waals surface area contributed by atoms with Gasteiger partial charge in [0.2, 0.25) is 0 Å². The van der Waals surface area contributed by atoms with Crippen LogP contribution >= 0.6 is 15.9 Å². The average Bonchev–Trinajstić information content (AvgIpc) is 2.71. The first-order valence-corrected chi connectivity index (χ1v) is 7.96. The SMILES string of the molecule is CCC1(C(=O)CBr)CC(COCCC(C)C)OC1=O. The second kappa shape index (κ2) is 7.39. The first-order valence-electron chi connectivity index (χ1n) is 6.84. The molecule has 0 aromatic rings. The molecule has 5 heteroatoms. The summed E-state index contributed by atoms with van der Waals surface area (Å²) in [6, 6.07) is 0. The normalized spacial score (nSPS) is 26.8. The van der Waals surface area contributed by atoms with Crippen molar-refractivity contribution in [2.45, 2.75) is 46.1 Å². The fourth-order valence-corrected chi connectivity index (χ4v) is 2.78. The number of ether oxygens (including phenoxy) is 2. The van der Waals surface area contributed by atoms with Crippen molar-refractivity contribution >= 4 is 27.7 Å². The molecule has 2 atom stereocenters. The third kappa shape index (κ3) is 4.02. The topological polar surface area (TPSA) is 52.6 Å². The number of alkyl halides is 1. The summed E-state index contributed by atoms with van der Waals surface area (Å²) in [7, 11) is 0. The lowest BCUT2D eigenvalue weighted by Crippen LogP contribution is -2.36. The lowest BCUT2D eigenvalue weighted by atomic mass is 9.79. The predicted molar refractivity (Wildman–Crippen MR) is 76.3 cm³/mol. The van der Waals surface area contributed by atoms with Crippen molar-refractivity contribution in [3.05, 3.63) is 0 Å². The summed E-state index contributed by atoms with van der Waals surface area (Å²) < 4.78 is 10.8. The van der Waals surface area contributed by atoms with Crippen LogP contribution < -0.4 is 0 Å². The number of carbonyl (C=O) groups is 2. The second-order valence-corrected chi connectivity index (χ2v) is 6.04. The van der Waals surface area contributed by atoms with Crippen LogP contribution in [-0.2, 0) is 19.1 Å². The molecule has 1 aliphatic heterocycles. The minimum atomic E-state index is -0.963. The Hall–Kier alpha value is -0.420. The highest BCUT2D eigenvalue weighted by Crippen LogP contribution is 2.38. The average molecular weight is 335 g/mol. The van der Waals surface area contributed by atoms with Crippen molar-refractivity contribution in [1.29, 1.82) is 0 Å². The molecule has 1 fully saturated rings. The fourth-order valence-electron chi connectivity index (χ4n) is 2.25. The minimum absolute atomic E-state index is 0.0929. The van der Waals surface area contributed by atoms with Crippen LogP contribution in [0.3, 0.4) is 0 Å². The Bertz CT molecular complexity index is 329. The lowest BCUT2D eigenvalue weighted by Gasteiger charge is -2.19. The van der Waals surface area contributed by atoms with Gasteiger partial charge in [-0.1, -0.05) is 36.7 Å². The summed E-state index contributed by atoms with van der Waals surface area (Å²) in [6.45, 7) is 7.17. The van der Waals surface area contributed by atoms with E-state index in [0.717, 1.165) is 6.42 Å². The number of Topliss-reactive ketones (excluding diaryl/α,β-unsaturated/α-hetero) is 1. The highest BCUT2D eigenvalue weighted by molar-refractivity contribution is 9.09. The third-order valence-corrected chi connectivity index (χ3v) is 4.15. The minimum Gasteiger partial charge on any atom is -0.459 e. The Labute approximate surface area is 123 Å². The van der Waals surface area contributed by atoms with Crippen LogP contribution in [0.25, 0.3) is 0 Å². The van der Waals surface area contributed by atoms with E-state index in [1.165, 1.54) is 0 Å². The quantitative estimate of drug-likeness (QED) is 0.296. The Morgan fingerprint density at radius 2 is 2.26 bits per heavy atom. The number of hydrogen-bond donors (Lipinski definition) is 0. The fraction of sp³-hybridized carbons (Fsp3) is 0.857. The molecule has 0 aromatic carbocycles. The molecule has 2 unspecified atom stereocenters. The molecule has 0 aliphatic carbocycles. The molecule has 0 saturated carbocycles. The van der Waals surface area contributed by atoms with E-state index in [1.807, 2.05) is 6.92 Å². The maximum absolute atomic E-state index is 12.0. The summed E-state index contributed by atoms with van der Waals surface area (Å²) in [5.41, 5.74) is -0.963. The van der Waals surface area contributed by atoms with Gasteiger partial charge >= 0.3 is 5.97 Å². The van der Waals surface area contributed by atoms with Crippen LogP contribution in [0.4, 0.5) is 0 Å². The van der Waals surface area contributed by atoms with Crippen molar-refractivity contribution < 1.29 is 19.1 Å². The number of halogens is 1. The number of carbonyl (C=O) groups excluding carboxylic acids is 2. The molecule has 0 amide bonds. The van der Waals surface area contributed by atoms with E-state index in [4.69, 9.17) is 9.47 Å². The molecule has 1 aliphatic rings. The van der Waals surface area contributed by atoms with Crippen LogP contribution in [0.5, 0.6) is 0 Å². The highest BCUT2D eigenvalue weighted by Gasteiger charge is 2.52. The van der Waals surface area contributed by atoms with E-state index >= 15 is 0 Å². The standard InChI is InChI=1S/C14H23BrO4/c1-4-14(12(16)8-15)7-11(19-13(14)17)9-18-6-5-10(2)3/h10-11H,4-9H2,1-3H3. The van der Waals surface area contributed by atoms with Crippen molar-refractivity contribution in [2.75, 3.05) is 18.5 Å². The Morgan fingerprint density at radius 3 is 2.79 bits per heavy atom. The highest BCUT2D eigenvalue weighted by atomic mass is 79.9. The zero-order valence-electron chi connectivity index (χ0n) is 11.9. The van der Waals surface area contributed by atoms with Gasteiger partial charge in [0.25, 0.3) is 0 Å². The van der Waals surface area contributed by atoms with Crippen LogP contribution in [0.1, 0.15) is 40.0 Å². The first kappa shape index (κ1) is 16.6. The number of ketones is 1. The van der Waals surface area contributed by atoms with Gasteiger partial charge in [-0.25, -0.2) is 0 Å². The van der Waals surface area contributed by atoms with Gasteiger partial charge < -0.3 is 9.47 Å². The van der Waals surface area contributed by atoms with Crippen molar-refractivity contribution in [3.63, 3.8) is 0 Å². The zero-order chi connectivity index (χ0) is 14.5. The molecular formula is C14H23BrO4. The molecule has 19 heavy (non-hydrogen) atoms. The van der Waals surface area contributed by atoms with Crippen molar-refractivity contribution in [2.24, 2.45) is 11.3 Å². The third-order valence-electron chi connectivity index (χ3n) is 3.64. The molecule has 0 radical (unpaired) electrons. The van der Waals surface area contributed by atoms with Crippen molar-refractivity contribution in [1.82, 2.24) is 0 Å². The largest absolute Gasteiger partial charge is 0.459 e. The second-order valence-electron chi connectivity index (χ2n) is 5.48. The van der Waals surface area contributed by atoms with E-state index < -0.39 is 11.4 Å². The molecule has 1 saturated heterocycles. The Kier molecular flexibility index (Phi) is 6.47. The van der Waals surface area contributed by atoms with Gasteiger partial charge in [0, 0.05) is 13.0 Å². The van der Waals surface area contributed by atoms with Crippen LogP contribution in [-0.4, -0.2) is 36.4 Å². The van der Waals surface area contributed by atoms with E-state index in [1.54, 1.807) is 0 Å². The van der Waals surface area contributed by atoms with Crippen molar-refractivity contribution in [3.8, 4) is 0 Å². The molecule has 0 N–H and O–H groups in total. The Balaban J connectivity index is 2.49. The van der Waals surface area contributed by atoms with E-state index in [0.29, 0.717) is 32.0 Å². The first-order chi connectivity index (χ1) is 8.96. The monoisotopic (exact) mass is 334 g/mol. The van der Waals surface area contributed by atoms with Crippen LogP contribution in [0.2, 0.25) is 0 Å². The summed E-state index contributed by atoms with van der Waals surface area (Å²) >= 11 is 3.14. The molecular weight excluding hydrogens is 312 g/mol. The molecule has 0 aromatic heterocycles. The zero-order valence-corrected chi connectivity index (χ0v) is 13.5. The molecule has 1 heterocycles. The molecule has 0 bridgehead atoms. The molecule has 110 valence electrons. The summed E-state index contributed by atoms with van der Waals surface area (Å²) in [5.74, 6) is 0.109. The van der Waals surface area contributed by atoms with Gasteiger partial charge in [-0.05, 0) is 18.8 Å².